The monoisotopic (exact) mass is 213 g/mol. The summed E-state index contributed by atoms with van der Waals surface area (Å²) in [4.78, 5) is 10.4. The summed E-state index contributed by atoms with van der Waals surface area (Å²) in [5, 5.41) is 16.8. The molecule has 1 rings (SSSR count). The molecular formula is C9H5ClFNO2. The van der Waals surface area contributed by atoms with Gasteiger partial charge < -0.3 is 5.11 Å². The van der Waals surface area contributed by atoms with Crippen LogP contribution in [0.2, 0.25) is 5.02 Å². The zero-order valence-electron chi connectivity index (χ0n) is 6.92. The Kier molecular flexibility index (Phi) is 3.05. The first-order valence-corrected chi connectivity index (χ1v) is 4.03. The van der Waals surface area contributed by atoms with Gasteiger partial charge in [0.1, 0.15) is 5.82 Å². The van der Waals surface area contributed by atoms with Crippen LogP contribution < -0.4 is 0 Å². The Morgan fingerprint density at radius 2 is 2.29 bits per heavy atom. The van der Waals surface area contributed by atoms with Crippen LogP contribution in [-0.4, -0.2) is 11.1 Å². The first kappa shape index (κ1) is 10.5. The van der Waals surface area contributed by atoms with E-state index >= 15 is 0 Å². The fourth-order valence-electron chi connectivity index (χ4n) is 1.02. The van der Waals surface area contributed by atoms with Crippen LogP contribution in [0.5, 0.6) is 0 Å². The van der Waals surface area contributed by atoms with E-state index in [2.05, 4.69) is 0 Å². The number of hydrogen-bond donors (Lipinski definition) is 1. The minimum absolute atomic E-state index is 0.0154. The second-order valence-electron chi connectivity index (χ2n) is 2.57. The Hall–Kier alpha value is -1.60. The summed E-state index contributed by atoms with van der Waals surface area (Å²) >= 11 is 5.53. The van der Waals surface area contributed by atoms with Crippen molar-refractivity contribution in [3.8, 4) is 6.07 Å². The standard InChI is InChI=1S/C9H5ClFNO2/c10-9-6(3-8(13)14)5(4-12)1-2-7(9)11/h1-2H,3H2,(H,13,14). The number of aliphatic carboxylic acids is 1. The highest BCUT2D eigenvalue weighted by atomic mass is 35.5. The molecule has 1 aromatic rings. The van der Waals surface area contributed by atoms with Crippen LogP contribution in [0.4, 0.5) is 4.39 Å². The first-order valence-electron chi connectivity index (χ1n) is 3.65. The molecule has 0 spiro atoms. The number of halogens is 2. The first-order chi connectivity index (χ1) is 6.56. The van der Waals surface area contributed by atoms with Gasteiger partial charge in [-0.3, -0.25) is 4.79 Å². The molecule has 5 heteroatoms. The highest BCUT2D eigenvalue weighted by molar-refractivity contribution is 6.31. The molecule has 0 atom stereocenters. The predicted molar refractivity (Wildman–Crippen MR) is 47.5 cm³/mol. The van der Waals surface area contributed by atoms with Gasteiger partial charge in [0.15, 0.2) is 0 Å². The molecule has 14 heavy (non-hydrogen) atoms. The van der Waals surface area contributed by atoms with Gasteiger partial charge in [0, 0.05) is 5.56 Å². The Labute approximate surface area is 84.3 Å². The van der Waals surface area contributed by atoms with Gasteiger partial charge in [0.2, 0.25) is 0 Å². The van der Waals surface area contributed by atoms with Gasteiger partial charge in [-0.2, -0.15) is 5.26 Å². The Morgan fingerprint density at radius 3 is 2.79 bits per heavy atom. The largest absolute Gasteiger partial charge is 0.481 e. The molecule has 0 radical (unpaired) electrons. The maximum Gasteiger partial charge on any atom is 0.307 e. The SMILES string of the molecule is N#Cc1ccc(F)c(Cl)c1CC(=O)O. The van der Waals surface area contributed by atoms with E-state index in [4.69, 9.17) is 22.0 Å². The predicted octanol–water partition coefficient (Wildman–Crippen LogP) is 1.98. The highest BCUT2D eigenvalue weighted by Crippen LogP contribution is 2.23. The lowest BCUT2D eigenvalue weighted by atomic mass is 10.1. The van der Waals surface area contributed by atoms with Crippen molar-refractivity contribution in [2.45, 2.75) is 6.42 Å². The van der Waals surface area contributed by atoms with E-state index in [1.54, 1.807) is 6.07 Å². The van der Waals surface area contributed by atoms with Crippen LogP contribution in [0.3, 0.4) is 0 Å². The lowest BCUT2D eigenvalue weighted by Gasteiger charge is -2.04. The summed E-state index contributed by atoms with van der Waals surface area (Å²) < 4.78 is 12.9. The van der Waals surface area contributed by atoms with Crippen molar-refractivity contribution in [3.05, 3.63) is 34.1 Å². The third kappa shape index (κ3) is 2.01. The zero-order chi connectivity index (χ0) is 10.7. The van der Waals surface area contributed by atoms with Gasteiger partial charge in [0.05, 0.1) is 23.1 Å². The fourth-order valence-corrected chi connectivity index (χ4v) is 1.25. The van der Waals surface area contributed by atoms with E-state index in [0.717, 1.165) is 6.07 Å². The molecule has 0 aliphatic heterocycles. The van der Waals surface area contributed by atoms with Gasteiger partial charge >= 0.3 is 5.97 Å². The molecular weight excluding hydrogens is 209 g/mol. The molecule has 0 saturated carbocycles. The van der Waals surface area contributed by atoms with Gasteiger partial charge in [0.25, 0.3) is 0 Å². The third-order valence-corrected chi connectivity index (χ3v) is 2.05. The van der Waals surface area contributed by atoms with E-state index in [1.807, 2.05) is 0 Å². The third-order valence-electron chi connectivity index (χ3n) is 1.64. The number of nitrogens with zero attached hydrogens (tertiary/aromatic N) is 1. The van der Waals surface area contributed by atoms with Gasteiger partial charge in [-0.05, 0) is 12.1 Å². The summed E-state index contributed by atoms with van der Waals surface area (Å²) in [6, 6.07) is 4.00. The molecule has 0 bridgehead atoms. The van der Waals surface area contributed by atoms with Gasteiger partial charge in [-0.25, -0.2) is 4.39 Å². The average molecular weight is 214 g/mol. The Bertz CT molecular complexity index is 426. The topological polar surface area (TPSA) is 61.1 Å². The molecule has 0 aromatic heterocycles. The zero-order valence-corrected chi connectivity index (χ0v) is 7.68. The van der Waals surface area contributed by atoms with Crippen molar-refractivity contribution >= 4 is 17.6 Å². The molecule has 0 unspecified atom stereocenters. The van der Waals surface area contributed by atoms with E-state index in [0.29, 0.717) is 0 Å². The smallest absolute Gasteiger partial charge is 0.307 e. The number of rotatable bonds is 2. The van der Waals surface area contributed by atoms with Crippen LogP contribution in [0.15, 0.2) is 12.1 Å². The molecule has 72 valence electrons. The van der Waals surface area contributed by atoms with Crippen molar-refractivity contribution in [1.82, 2.24) is 0 Å². The summed E-state index contributed by atoms with van der Waals surface area (Å²) in [7, 11) is 0. The van der Waals surface area contributed by atoms with Gasteiger partial charge in [-0.15, -0.1) is 0 Å². The highest BCUT2D eigenvalue weighted by Gasteiger charge is 2.14. The van der Waals surface area contributed by atoms with Crippen molar-refractivity contribution < 1.29 is 14.3 Å². The summed E-state index contributed by atoms with van der Waals surface area (Å²) in [6.07, 6.45) is -0.459. The van der Waals surface area contributed by atoms with E-state index in [1.165, 1.54) is 6.07 Å². The number of hydrogen-bond acceptors (Lipinski definition) is 2. The second kappa shape index (κ2) is 4.07. The van der Waals surface area contributed by atoms with Crippen molar-refractivity contribution in [3.63, 3.8) is 0 Å². The summed E-state index contributed by atoms with van der Waals surface area (Å²) in [5.41, 5.74) is 0.0977. The van der Waals surface area contributed by atoms with E-state index in [-0.39, 0.29) is 16.1 Å². The average Bonchev–Trinajstić information content (AvgIpc) is 2.13. The Morgan fingerprint density at radius 1 is 1.64 bits per heavy atom. The number of carboxylic acids is 1. The fraction of sp³-hybridized carbons (Fsp3) is 0.111. The van der Waals surface area contributed by atoms with Crippen LogP contribution in [0.1, 0.15) is 11.1 Å². The molecule has 0 aliphatic carbocycles. The lowest BCUT2D eigenvalue weighted by molar-refractivity contribution is -0.136. The minimum Gasteiger partial charge on any atom is -0.481 e. The number of carbonyl (C=O) groups is 1. The molecule has 1 N–H and O–H groups in total. The summed E-state index contributed by atoms with van der Waals surface area (Å²) in [6.45, 7) is 0. The molecule has 0 fully saturated rings. The maximum absolute atomic E-state index is 12.9. The number of carboxylic acid groups (broad SMARTS) is 1. The number of nitriles is 1. The van der Waals surface area contributed by atoms with Crippen molar-refractivity contribution in [1.29, 1.82) is 5.26 Å². The lowest BCUT2D eigenvalue weighted by Crippen LogP contribution is -2.04. The van der Waals surface area contributed by atoms with E-state index < -0.39 is 18.2 Å². The van der Waals surface area contributed by atoms with Crippen molar-refractivity contribution in [2.75, 3.05) is 0 Å². The normalized spacial score (nSPS) is 9.50. The summed E-state index contributed by atoms with van der Waals surface area (Å²) in [5.74, 6) is -1.88. The quantitative estimate of drug-likeness (QED) is 0.817. The van der Waals surface area contributed by atoms with Gasteiger partial charge in [-0.1, -0.05) is 11.6 Å². The second-order valence-corrected chi connectivity index (χ2v) is 2.95. The number of benzene rings is 1. The minimum atomic E-state index is -1.16. The molecule has 1 aromatic carbocycles. The van der Waals surface area contributed by atoms with Crippen LogP contribution in [0.25, 0.3) is 0 Å². The van der Waals surface area contributed by atoms with E-state index in [9.17, 15) is 9.18 Å². The van der Waals surface area contributed by atoms with Crippen LogP contribution >= 0.6 is 11.6 Å². The molecule has 0 amide bonds. The molecule has 0 aliphatic rings. The molecule has 0 heterocycles. The van der Waals surface area contributed by atoms with Crippen LogP contribution in [-0.2, 0) is 11.2 Å². The maximum atomic E-state index is 12.9. The van der Waals surface area contributed by atoms with Crippen LogP contribution in [0, 0.1) is 17.1 Å². The Balaban J connectivity index is 3.29. The molecule has 3 nitrogen and oxygen atoms in total. The van der Waals surface area contributed by atoms with Crippen molar-refractivity contribution in [2.24, 2.45) is 0 Å². The molecule has 0 saturated heterocycles.